The first-order chi connectivity index (χ1) is 4.61. The first-order valence-corrected chi connectivity index (χ1v) is 4.20. The second-order valence-corrected chi connectivity index (χ2v) is 3.85. The highest BCUT2D eigenvalue weighted by Gasteiger charge is 2.29. The zero-order chi connectivity index (χ0) is 7.72. The van der Waals surface area contributed by atoms with E-state index in [4.69, 9.17) is 11.6 Å². The molecule has 0 heterocycles. The molecule has 2 heteroatoms. The molecule has 1 unspecified atom stereocenters. The summed E-state index contributed by atoms with van der Waals surface area (Å²) in [5.74, 6) is 1.12. The van der Waals surface area contributed by atoms with Crippen molar-refractivity contribution in [3.63, 3.8) is 0 Å². The Labute approximate surface area is 66.8 Å². The summed E-state index contributed by atoms with van der Waals surface area (Å²) in [6.45, 7) is 4.09. The number of rotatable bonds is 0. The summed E-state index contributed by atoms with van der Waals surface area (Å²) in [7, 11) is 0. The number of halogens is 1. The van der Waals surface area contributed by atoms with Gasteiger partial charge in [0.25, 0.3) is 0 Å². The average Bonchev–Trinajstić information content (AvgIpc) is 1.82. The number of ketones is 1. The number of carbonyl (C=O) groups is 1. The Balaban J connectivity index is 2.57. The largest absolute Gasteiger partial charge is 0.300 e. The van der Waals surface area contributed by atoms with E-state index in [2.05, 4.69) is 0 Å². The molecule has 0 radical (unpaired) electrons. The lowest BCUT2D eigenvalue weighted by atomic mass is 9.82. The molecule has 1 fully saturated rings. The summed E-state index contributed by atoms with van der Waals surface area (Å²) in [6, 6.07) is 0. The van der Waals surface area contributed by atoms with Crippen LogP contribution in [0.5, 0.6) is 0 Å². The first kappa shape index (κ1) is 8.06. The van der Waals surface area contributed by atoms with Crippen molar-refractivity contribution in [1.29, 1.82) is 0 Å². The number of hydrogen-bond donors (Lipinski definition) is 0. The van der Waals surface area contributed by atoms with Gasteiger partial charge in [0.1, 0.15) is 5.78 Å². The van der Waals surface area contributed by atoms with Crippen molar-refractivity contribution in [1.82, 2.24) is 0 Å². The second-order valence-electron chi connectivity index (χ2n) is 3.35. The highest BCUT2D eigenvalue weighted by Crippen LogP contribution is 2.30. The van der Waals surface area contributed by atoms with E-state index in [1.54, 1.807) is 0 Å². The molecule has 1 nitrogen and oxygen atoms in total. The van der Waals surface area contributed by atoms with Gasteiger partial charge in [-0.15, -0.1) is 11.6 Å². The quantitative estimate of drug-likeness (QED) is 0.497. The lowest BCUT2D eigenvalue weighted by Gasteiger charge is -2.28. The van der Waals surface area contributed by atoms with Crippen LogP contribution in [-0.2, 0) is 4.79 Å². The van der Waals surface area contributed by atoms with Gasteiger partial charge < -0.3 is 0 Å². The summed E-state index contributed by atoms with van der Waals surface area (Å²) in [5.41, 5.74) is 0. The van der Waals surface area contributed by atoms with Gasteiger partial charge in [-0.25, -0.2) is 0 Å². The molecule has 0 aromatic carbocycles. The van der Waals surface area contributed by atoms with Gasteiger partial charge in [-0.3, -0.25) is 4.79 Å². The summed E-state index contributed by atoms with van der Waals surface area (Å²) in [5, 5.41) is 0.206. The van der Waals surface area contributed by atoms with Crippen molar-refractivity contribution >= 4 is 17.4 Å². The van der Waals surface area contributed by atoms with Crippen LogP contribution in [0.3, 0.4) is 0 Å². The smallest absolute Gasteiger partial charge is 0.133 e. The second kappa shape index (κ2) is 2.91. The van der Waals surface area contributed by atoms with Crippen LogP contribution in [0.1, 0.15) is 26.7 Å². The maximum absolute atomic E-state index is 11.0. The van der Waals surface area contributed by atoms with Gasteiger partial charge in [-0.1, -0.05) is 13.8 Å². The molecule has 0 aliphatic heterocycles. The van der Waals surface area contributed by atoms with Gasteiger partial charge >= 0.3 is 0 Å². The van der Waals surface area contributed by atoms with Crippen molar-refractivity contribution in [2.24, 2.45) is 11.8 Å². The predicted octanol–water partition coefficient (Wildman–Crippen LogP) is 2.23. The molecule has 0 spiro atoms. The van der Waals surface area contributed by atoms with Crippen molar-refractivity contribution in [3.05, 3.63) is 0 Å². The van der Waals surface area contributed by atoms with Crippen LogP contribution in [0.15, 0.2) is 0 Å². The normalized spacial score (nSPS) is 41.9. The van der Waals surface area contributed by atoms with Crippen LogP contribution in [-0.4, -0.2) is 11.2 Å². The number of Topliss-reactive ketones (excluding diaryl/α,β-unsaturated/α-hetero) is 1. The topological polar surface area (TPSA) is 17.1 Å². The molecule has 0 aromatic rings. The molecule has 0 aromatic heterocycles. The molecule has 0 amide bonds. The van der Waals surface area contributed by atoms with E-state index in [1.165, 1.54) is 0 Å². The Kier molecular flexibility index (Phi) is 2.35. The fourth-order valence-corrected chi connectivity index (χ4v) is 1.77. The Hall–Kier alpha value is -0.0400. The Morgan fingerprint density at radius 2 is 1.70 bits per heavy atom. The van der Waals surface area contributed by atoms with Crippen LogP contribution < -0.4 is 0 Å². The Morgan fingerprint density at radius 3 is 2.10 bits per heavy atom. The Bertz CT molecular complexity index is 130. The molecule has 1 saturated carbocycles. The van der Waals surface area contributed by atoms with E-state index in [0.717, 1.165) is 0 Å². The summed E-state index contributed by atoms with van der Waals surface area (Å²) in [6.07, 6.45) is 1.36. The summed E-state index contributed by atoms with van der Waals surface area (Å²) in [4.78, 5) is 11.0. The zero-order valence-electron chi connectivity index (χ0n) is 6.43. The highest BCUT2D eigenvalue weighted by atomic mass is 35.5. The van der Waals surface area contributed by atoms with E-state index in [-0.39, 0.29) is 5.38 Å². The Morgan fingerprint density at radius 1 is 1.30 bits per heavy atom. The van der Waals surface area contributed by atoms with Gasteiger partial charge in [-0.2, -0.15) is 0 Å². The standard InChI is InChI=1S/C8H13ClO/c1-5-3-7(10)4-6(2)8(5)9/h5-6,8H,3-4H2,1-2H3/t5-,6+,8?. The van der Waals surface area contributed by atoms with Crippen molar-refractivity contribution in [2.45, 2.75) is 32.1 Å². The average molecular weight is 161 g/mol. The summed E-state index contributed by atoms with van der Waals surface area (Å²) < 4.78 is 0. The van der Waals surface area contributed by atoms with Crippen LogP contribution >= 0.6 is 11.6 Å². The third-order valence-electron chi connectivity index (χ3n) is 2.19. The molecule has 0 N–H and O–H groups in total. The highest BCUT2D eigenvalue weighted by molar-refractivity contribution is 6.21. The van der Waals surface area contributed by atoms with Gasteiger partial charge in [-0.05, 0) is 11.8 Å². The third-order valence-corrected chi connectivity index (χ3v) is 3.05. The third kappa shape index (κ3) is 1.51. The zero-order valence-corrected chi connectivity index (χ0v) is 7.19. The molecular formula is C8H13ClO. The van der Waals surface area contributed by atoms with E-state index in [9.17, 15) is 4.79 Å². The van der Waals surface area contributed by atoms with Crippen molar-refractivity contribution in [3.8, 4) is 0 Å². The lowest BCUT2D eigenvalue weighted by molar-refractivity contribution is -0.122. The van der Waals surface area contributed by atoms with Crippen LogP contribution in [0, 0.1) is 11.8 Å². The first-order valence-electron chi connectivity index (χ1n) is 3.77. The minimum Gasteiger partial charge on any atom is -0.300 e. The van der Waals surface area contributed by atoms with Crippen molar-refractivity contribution in [2.75, 3.05) is 0 Å². The number of hydrogen-bond acceptors (Lipinski definition) is 1. The van der Waals surface area contributed by atoms with Crippen LogP contribution in [0.25, 0.3) is 0 Å². The molecule has 58 valence electrons. The van der Waals surface area contributed by atoms with Crippen LogP contribution in [0.2, 0.25) is 0 Å². The van der Waals surface area contributed by atoms with Crippen molar-refractivity contribution < 1.29 is 4.79 Å². The fraction of sp³-hybridized carbons (Fsp3) is 0.875. The fourth-order valence-electron chi connectivity index (χ4n) is 1.59. The predicted molar refractivity (Wildman–Crippen MR) is 42.2 cm³/mol. The molecule has 0 saturated heterocycles. The molecule has 3 atom stereocenters. The maximum atomic E-state index is 11.0. The lowest BCUT2D eigenvalue weighted by Crippen LogP contribution is -2.30. The molecular weight excluding hydrogens is 148 g/mol. The molecule has 10 heavy (non-hydrogen) atoms. The summed E-state index contributed by atoms with van der Waals surface area (Å²) >= 11 is 6.03. The monoisotopic (exact) mass is 160 g/mol. The molecule has 1 aliphatic carbocycles. The maximum Gasteiger partial charge on any atom is 0.133 e. The molecule has 1 aliphatic rings. The number of alkyl halides is 1. The van der Waals surface area contributed by atoms with Gasteiger partial charge in [0.2, 0.25) is 0 Å². The van der Waals surface area contributed by atoms with E-state index in [1.807, 2.05) is 13.8 Å². The van der Waals surface area contributed by atoms with Gasteiger partial charge in [0.15, 0.2) is 0 Å². The van der Waals surface area contributed by atoms with Gasteiger partial charge in [0.05, 0.1) is 0 Å². The minimum atomic E-state index is 0.206. The van der Waals surface area contributed by atoms with E-state index >= 15 is 0 Å². The van der Waals surface area contributed by atoms with E-state index < -0.39 is 0 Å². The molecule has 1 rings (SSSR count). The van der Waals surface area contributed by atoms with Crippen LogP contribution in [0.4, 0.5) is 0 Å². The van der Waals surface area contributed by atoms with Gasteiger partial charge in [0, 0.05) is 18.2 Å². The minimum absolute atomic E-state index is 0.206. The molecule has 0 bridgehead atoms. The van der Waals surface area contributed by atoms with E-state index in [0.29, 0.717) is 30.5 Å². The SMILES string of the molecule is C[C@@H]1CC(=O)C[C@H](C)C1Cl. The number of carbonyl (C=O) groups excluding carboxylic acids is 1.